The first-order chi connectivity index (χ1) is 9.33. The predicted molar refractivity (Wildman–Crippen MR) is 75.5 cm³/mol. The minimum absolute atomic E-state index is 0.540. The Balaban J connectivity index is 2.00. The highest BCUT2D eigenvalue weighted by atomic mass is 32.1. The van der Waals surface area contributed by atoms with Gasteiger partial charge in [-0.15, -0.1) is 16.9 Å². The monoisotopic (exact) mass is 274 g/mol. The second-order valence-electron chi connectivity index (χ2n) is 3.63. The molecule has 0 atom stereocenters. The smallest absolute Gasteiger partial charge is 0.294 e. The zero-order valence-corrected chi connectivity index (χ0v) is 11.7. The molecule has 0 saturated carbocycles. The third kappa shape index (κ3) is 3.70. The van der Waals surface area contributed by atoms with Crippen LogP contribution >= 0.6 is 11.3 Å². The number of aromatic nitrogens is 2. The first-order valence-corrected chi connectivity index (χ1v) is 6.65. The molecule has 0 aliphatic heterocycles. The lowest BCUT2D eigenvalue weighted by atomic mass is 10.2. The molecule has 0 fully saturated rings. The molecule has 1 aromatic heterocycles. The van der Waals surface area contributed by atoms with Gasteiger partial charge in [0.15, 0.2) is 5.01 Å². The molecule has 1 heterocycles. The van der Waals surface area contributed by atoms with Gasteiger partial charge in [0.05, 0.1) is 7.11 Å². The largest absolute Gasteiger partial charge is 0.497 e. The SMILES string of the molecule is CC#CCCOc1nnc(-c2ccc(OC)cc2)s1. The van der Waals surface area contributed by atoms with E-state index in [0.29, 0.717) is 18.2 Å². The minimum Gasteiger partial charge on any atom is -0.497 e. The van der Waals surface area contributed by atoms with Gasteiger partial charge in [0.2, 0.25) is 0 Å². The van der Waals surface area contributed by atoms with Crippen molar-refractivity contribution >= 4 is 11.3 Å². The van der Waals surface area contributed by atoms with Crippen LogP contribution in [0.15, 0.2) is 24.3 Å². The van der Waals surface area contributed by atoms with Crippen LogP contribution in [0, 0.1) is 11.8 Å². The third-order valence-corrected chi connectivity index (χ3v) is 3.26. The number of hydrogen-bond acceptors (Lipinski definition) is 5. The molecule has 2 rings (SSSR count). The van der Waals surface area contributed by atoms with E-state index in [1.54, 1.807) is 7.11 Å². The highest BCUT2D eigenvalue weighted by Crippen LogP contribution is 2.28. The average Bonchev–Trinajstić information content (AvgIpc) is 2.92. The molecule has 4 nitrogen and oxygen atoms in total. The quantitative estimate of drug-likeness (QED) is 0.621. The predicted octanol–water partition coefficient (Wildman–Crippen LogP) is 3.01. The fourth-order valence-electron chi connectivity index (χ4n) is 1.43. The number of rotatable bonds is 5. The van der Waals surface area contributed by atoms with Crippen LogP contribution in [0.5, 0.6) is 10.9 Å². The first-order valence-electron chi connectivity index (χ1n) is 5.84. The van der Waals surface area contributed by atoms with E-state index in [0.717, 1.165) is 16.3 Å². The molecule has 0 N–H and O–H groups in total. The van der Waals surface area contributed by atoms with Crippen LogP contribution in [0.25, 0.3) is 10.6 Å². The number of nitrogens with zero attached hydrogens (tertiary/aromatic N) is 2. The highest BCUT2D eigenvalue weighted by Gasteiger charge is 2.07. The molecule has 1 aromatic carbocycles. The van der Waals surface area contributed by atoms with Crippen molar-refractivity contribution in [3.63, 3.8) is 0 Å². The summed E-state index contributed by atoms with van der Waals surface area (Å²) in [6, 6.07) is 7.69. The van der Waals surface area contributed by atoms with E-state index in [1.165, 1.54) is 11.3 Å². The van der Waals surface area contributed by atoms with E-state index in [1.807, 2.05) is 31.2 Å². The molecule has 0 radical (unpaired) electrons. The molecule has 0 amide bonds. The zero-order chi connectivity index (χ0) is 13.5. The summed E-state index contributed by atoms with van der Waals surface area (Å²) in [6.45, 7) is 2.35. The lowest BCUT2D eigenvalue weighted by molar-refractivity contribution is 0.322. The van der Waals surface area contributed by atoms with Crippen molar-refractivity contribution in [2.24, 2.45) is 0 Å². The Labute approximate surface area is 116 Å². The zero-order valence-electron chi connectivity index (χ0n) is 10.8. The normalized spacial score (nSPS) is 9.58. The molecule has 19 heavy (non-hydrogen) atoms. The van der Waals surface area contributed by atoms with Crippen molar-refractivity contribution in [3.05, 3.63) is 24.3 Å². The van der Waals surface area contributed by atoms with E-state index in [2.05, 4.69) is 22.0 Å². The Kier molecular flexibility index (Phi) is 4.76. The maximum Gasteiger partial charge on any atom is 0.294 e. The summed E-state index contributed by atoms with van der Waals surface area (Å²) >= 11 is 1.42. The molecular formula is C14H14N2O2S. The van der Waals surface area contributed by atoms with E-state index in [-0.39, 0.29) is 0 Å². The third-order valence-electron chi connectivity index (χ3n) is 2.37. The van der Waals surface area contributed by atoms with E-state index in [9.17, 15) is 0 Å². The van der Waals surface area contributed by atoms with Crippen LogP contribution < -0.4 is 9.47 Å². The average molecular weight is 274 g/mol. The fraction of sp³-hybridized carbons (Fsp3) is 0.286. The van der Waals surface area contributed by atoms with Gasteiger partial charge in [0.25, 0.3) is 5.19 Å². The lowest BCUT2D eigenvalue weighted by Gasteiger charge is -1.99. The summed E-state index contributed by atoms with van der Waals surface area (Å²) in [5.74, 6) is 6.58. The van der Waals surface area contributed by atoms with E-state index in [4.69, 9.17) is 9.47 Å². The molecule has 98 valence electrons. The summed E-state index contributed by atoms with van der Waals surface area (Å²) in [5.41, 5.74) is 1.00. The number of hydrogen-bond donors (Lipinski definition) is 0. The Bertz CT molecular complexity index is 581. The summed E-state index contributed by atoms with van der Waals surface area (Å²) in [5, 5.41) is 9.51. The number of methoxy groups -OCH3 is 1. The van der Waals surface area contributed by atoms with Crippen molar-refractivity contribution in [3.8, 4) is 33.4 Å². The number of ether oxygens (including phenoxy) is 2. The summed E-state index contributed by atoms with van der Waals surface area (Å²) in [7, 11) is 1.64. The molecule has 0 aliphatic rings. The van der Waals surface area contributed by atoms with Gasteiger partial charge in [-0.05, 0) is 31.2 Å². The van der Waals surface area contributed by atoms with Gasteiger partial charge in [-0.25, -0.2) is 0 Å². The molecule has 5 heteroatoms. The molecule has 0 unspecified atom stereocenters. The van der Waals surface area contributed by atoms with Crippen LogP contribution in [0.3, 0.4) is 0 Å². The van der Waals surface area contributed by atoms with E-state index < -0.39 is 0 Å². The molecule has 0 saturated heterocycles. The van der Waals surface area contributed by atoms with Crippen molar-refractivity contribution < 1.29 is 9.47 Å². The summed E-state index contributed by atoms with van der Waals surface area (Å²) in [4.78, 5) is 0. The molecule has 0 bridgehead atoms. The van der Waals surface area contributed by atoms with E-state index >= 15 is 0 Å². The Morgan fingerprint density at radius 1 is 1.21 bits per heavy atom. The van der Waals surface area contributed by atoms with Crippen molar-refractivity contribution in [1.29, 1.82) is 0 Å². The van der Waals surface area contributed by atoms with Gasteiger partial charge in [-0.3, -0.25) is 0 Å². The van der Waals surface area contributed by atoms with Crippen LogP contribution in [-0.4, -0.2) is 23.9 Å². The first kappa shape index (κ1) is 13.4. The lowest BCUT2D eigenvalue weighted by Crippen LogP contribution is -1.94. The second kappa shape index (κ2) is 6.76. The minimum atomic E-state index is 0.540. The van der Waals surface area contributed by atoms with Gasteiger partial charge in [0.1, 0.15) is 12.4 Å². The maximum absolute atomic E-state index is 5.47. The fourth-order valence-corrected chi connectivity index (χ4v) is 2.16. The van der Waals surface area contributed by atoms with Crippen molar-refractivity contribution in [2.75, 3.05) is 13.7 Å². The van der Waals surface area contributed by atoms with Gasteiger partial charge in [-0.1, -0.05) is 16.4 Å². The van der Waals surface area contributed by atoms with Gasteiger partial charge < -0.3 is 9.47 Å². The van der Waals surface area contributed by atoms with Crippen LogP contribution in [0.4, 0.5) is 0 Å². The molecule has 0 spiro atoms. The van der Waals surface area contributed by atoms with Crippen LogP contribution in [-0.2, 0) is 0 Å². The number of benzene rings is 1. The second-order valence-corrected chi connectivity index (χ2v) is 4.57. The Morgan fingerprint density at radius 3 is 2.68 bits per heavy atom. The van der Waals surface area contributed by atoms with Crippen molar-refractivity contribution in [2.45, 2.75) is 13.3 Å². The van der Waals surface area contributed by atoms with Gasteiger partial charge >= 0.3 is 0 Å². The van der Waals surface area contributed by atoms with Crippen LogP contribution in [0.1, 0.15) is 13.3 Å². The summed E-state index contributed by atoms with van der Waals surface area (Å²) in [6.07, 6.45) is 0.702. The Hall–Kier alpha value is -2.06. The molecule has 0 aliphatic carbocycles. The summed E-state index contributed by atoms with van der Waals surface area (Å²) < 4.78 is 10.6. The van der Waals surface area contributed by atoms with Crippen LogP contribution in [0.2, 0.25) is 0 Å². The van der Waals surface area contributed by atoms with Crippen molar-refractivity contribution in [1.82, 2.24) is 10.2 Å². The highest BCUT2D eigenvalue weighted by molar-refractivity contribution is 7.16. The molecular weight excluding hydrogens is 260 g/mol. The maximum atomic E-state index is 5.47. The van der Waals surface area contributed by atoms with Gasteiger partial charge in [-0.2, -0.15) is 0 Å². The van der Waals surface area contributed by atoms with Gasteiger partial charge in [0, 0.05) is 12.0 Å². The topological polar surface area (TPSA) is 44.2 Å². The Morgan fingerprint density at radius 2 is 2.00 bits per heavy atom. The standard InChI is InChI=1S/C14H14N2O2S/c1-3-4-5-10-18-14-16-15-13(19-14)11-6-8-12(17-2)9-7-11/h6-9H,5,10H2,1-2H3. The molecule has 2 aromatic rings.